The third-order valence-electron chi connectivity index (χ3n) is 3.11. The second-order valence-electron chi connectivity index (χ2n) is 4.47. The zero-order valence-electron chi connectivity index (χ0n) is 10.1. The van der Waals surface area contributed by atoms with Crippen molar-refractivity contribution in [3.8, 4) is 0 Å². The maximum Gasteiger partial charge on any atom is 0.0500 e. The molecule has 1 heterocycles. The maximum absolute atomic E-state index is 8.70. The molecule has 0 aliphatic carbocycles. The molecule has 0 spiro atoms. The Morgan fingerprint density at radius 1 is 1.06 bits per heavy atom. The molecule has 2 rings (SSSR count). The highest BCUT2D eigenvalue weighted by atomic mass is 16.2. The van der Waals surface area contributed by atoms with Crippen molar-refractivity contribution in [3.05, 3.63) is 30.5 Å². The average molecular weight is 232 g/mol. The van der Waals surface area contributed by atoms with E-state index in [9.17, 15) is 0 Å². The number of nitrogens with two attached hydrogens (primary N) is 1. The molecule has 0 saturated heterocycles. The van der Waals surface area contributed by atoms with Crippen LogP contribution in [0.3, 0.4) is 0 Å². The molecule has 92 valence electrons. The van der Waals surface area contributed by atoms with Crippen molar-refractivity contribution in [1.29, 1.82) is 0 Å². The first-order chi connectivity index (χ1) is 8.31. The average Bonchev–Trinajstić information content (AvgIpc) is 2.72. The number of unbranched alkanes of at least 4 members (excludes halogenated alkanes) is 3. The summed E-state index contributed by atoms with van der Waals surface area (Å²) < 4.78 is 2.25. The number of anilines is 1. The second-order valence-corrected chi connectivity index (χ2v) is 4.47. The van der Waals surface area contributed by atoms with Crippen LogP contribution in [0.25, 0.3) is 10.9 Å². The number of hydrogen-bond donors (Lipinski definition) is 2. The minimum Gasteiger partial charge on any atom is -0.399 e. The minimum absolute atomic E-state index is 0.309. The van der Waals surface area contributed by atoms with Crippen LogP contribution >= 0.6 is 0 Å². The summed E-state index contributed by atoms with van der Waals surface area (Å²) in [6, 6.07) is 8.16. The highest BCUT2D eigenvalue weighted by Crippen LogP contribution is 2.19. The monoisotopic (exact) mass is 232 g/mol. The predicted molar refractivity (Wildman–Crippen MR) is 71.9 cm³/mol. The van der Waals surface area contributed by atoms with Gasteiger partial charge >= 0.3 is 0 Å². The van der Waals surface area contributed by atoms with E-state index in [-0.39, 0.29) is 0 Å². The number of nitrogens with zero attached hydrogens (tertiary/aromatic N) is 1. The highest BCUT2D eigenvalue weighted by molar-refractivity contribution is 5.83. The number of fused-ring (bicyclic) bond motifs is 1. The van der Waals surface area contributed by atoms with Gasteiger partial charge in [-0.1, -0.05) is 18.9 Å². The molecule has 0 saturated carbocycles. The van der Waals surface area contributed by atoms with Crippen LogP contribution in [0.5, 0.6) is 0 Å². The Hall–Kier alpha value is -1.48. The number of rotatable bonds is 6. The van der Waals surface area contributed by atoms with Gasteiger partial charge in [0, 0.05) is 25.0 Å². The summed E-state index contributed by atoms with van der Waals surface area (Å²) in [5, 5.41) is 9.95. The molecule has 0 atom stereocenters. The third-order valence-corrected chi connectivity index (χ3v) is 3.11. The number of nitrogen functional groups attached to an aromatic ring is 1. The van der Waals surface area contributed by atoms with Crippen molar-refractivity contribution in [2.24, 2.45) is 0 Å². The van der Waals surface area contributed by atoms with Gasteiger partial charge < -0.3 is 15.4 Å². The Morgan fingerprint density at radius 2 is 1.88 bits per heavy atom. The largest absolute Gasteiger partial charge is 0.399 e. The van der Waals surface area contributed by atoms with Crippen LogP contribution in [0.1, 0.15) is 25.7 Å². The van der Waals surface area contributed by atoms with Gasteiger partial charge in [0.05, 0.1) is 5.52 Å². The Labute approximate surface area is 102 Å². The summed E-state index contributed by atoms with van der Waals surface area (Å²) >= 11 is 0. The summed E-state index contributed by atoms with van der Waals surface area (Å²) in [4.78, 5) is 0. The van der Waals surface area contributed by atoms with Crippen molar-refractivity contribution in [1.82, 2.24) is 4.57 Å². The van der Waals surface area contributed by atoms with E-state index in [1.165, 1.54) is 17.3 Å². The molecule has 3 nitrogen and oxygen atoms in total. The molecule has 0 amide bonds. The van der Waals surface area contributed by atoms with Gasteiger partial charge in [0.25, 0.3) is 0 Å². The van der Waals surface area contributed by atoms with Gasteiger partial charge in [-0.05, 0) is 36.4 Å². The smallest absolute Gasteiger partial charge is 0.0500 e. The van der Waals surface area contributed by atoms with E-state index in [2.05, 4.69) is 22.9 Å². The molecule has 1 aromatic heterocycles. The predicted octanol–water partition coefficient (Wildman–Crippen LogP) is 2.78. The van der Waals surface area contributed by atoms with E-state index in [0.29, 0.717) is 6.61 Å². The standard InChI is InChI=1S/C14H20N2O/c15-13-6-5-12-7-9-16(14(12)11-13)8-3-1-2-4-10-17/h5-7,9,11,17H,1-4,8,10,15H2. The lowest BCUT2D eigenvalue weighted by Crippen LogP contribution is -1.97. The van der Waals surface area contributed by atoms with Crippen molar-refractivity contribution < 1.29 is 5.11 Å². The number of aliphatic hydroxyl groups is 1. The quantitative estimate of drug-likeness (QED) is 0.594. The fourth-order valence-electron chi connectivity index (χ4n) is 2.14. The first-order valence-electron chi connectivity index (χ1n) is 6.26. The molecule has 0 bridgehead atoms. The third kappa shape index (κ3) is 3.01. The molecule has 2 aromatic rings. The minimum atomic E-state index is 0.309. The first kappa shape index (κ1) is 12.0. The van der Waals surface area contributed by atoms with Gasteiger partial charge in [-0.2, -0.15) is 0 Å². The zero-order valence-corrected chi connectivity index (χ0v) is 10.1. The molecule has 17 heavy (non-hydrogen) atoms. The van der Waals surface area contributed by atoms with Crippen LogP contribution in [0.4, 0.5) is 5.69 Å². The lowest BCUT2D eigenvalue weighted by molar-refractivity contribution is 0.282. The van der Waals surface area contributed by atoms with Crippen LogP contribution in [-0.2, 0) is 6.54 Å². The first-order valence-corrected chi connectivity index (χ1v) is 6.26. The molecule has 3 N–H and O–H groups in total. The fraction of sp³-hybridized carbons (Fsp3) is 0.429. The summed E-state index contributed by atoms with van der Waals surface area (Å²) in [5.74, 6) is 0. The molecule has 0 radical (unpaired) electrons. The van der Waals surface area contributed by atoms with Gasteiger partial charge in [-0.3, -0.25) is 0 Å². The molecular weight excluding hydrogens is 212 g/mol. The lowest BCUT2D eigenvalue weighted by Gasteiger charge is -2.05. The number of aryl methyl sites for hydroxylation is 1. The van der Waals surface area contributed by atoms with Gasteiger partial charge in [-0.15, -0.1) is 0 Å². The SMILES string of the molecule is Nc1ccc2ccn(CCCCCCO)c2c1. The normalized spacial score (nSPS) is 11.1. The van der Waals surface area contributed by atoms with Crippen LogP contribution in [0, 0.1) is 0 Å². The van der Waals surface area contributed by atoms with Crippen molar-refractivity contribution in [2.45, 2.75) is 32.2 Å². The molecule has 3 heteroatoms. The molecule has 0 aliphatic heterocycles. The van der Waals surface area contributed by atoms with Crippen molar-refractivity contribution in [3.63, 3.8) is 0 Å². The Kier molecular flexibility index (Phi) is 4.04. The number of aromatic nitrogens is 1. The van der Waals surface area contributed by atoms with Gasteiger partial charge in [0.15, 0.2) is 0 Å². The second kappa shape index (κ2) is 5.73. The molecule has 0 aliphatic rings. The Morgan fingerprint density at radius 3 is 2.71 bits per heavy atom. The molecule has 0 unspecified atom stereocenters. The van der Waals surface area contributed by atoms with E-state index in [0.717, 1.165) is 31.5 Å². The van der Waals surface area contributed by atoms with Crippen LogP contribution in [-0.4, -0.2) is 16.3 Å². The highest BCUT2D eigenvalue weighted by Gasteiger charge is 2.00. The summed E-state index contributed by atoms with van der Waals surface area (Å²) in [5.41, 5.74) is 7.84. The van der Waals surface area contributed by atoms with Crippen molar-refractivity contribution in [2.75, 3.05) is 12.3 Å². The topological polar surface area (TPSA) is 51.2 Å². The summed E-state index contributed by atoms with van der Waals surface area (Å²) in [6.45, 7) is 1.33. The maximum atomic E-state index is 8.70. The summed E-state index contributed by atoms with van der Waals surface area (Å²) in [7, 11) is 0. The zero-order chi connectivity index (χ0) is 12.1. The van der Waals surface area contributed by atoms with E-state index < -0.39 is 0 Å². The number of hydrogen-bond acceptors (Lipinski definition) is 2. The molecule has 1 aromatic carbocycles. The van der Waals surface area contributed by atoms with E-state index >= 15 is 0 Å². The van der Waals surface area contributed by atoms with E-state index in [1.807, 2.05) is 12.1 Å². The van der Waals surface area contributed by atoms with Crippen LogP contribution in [0.2, 0.25) is 0 Å². The lowest BCUT2D eigenvalue weighted by atomic mass is 10.2. The molecule has 0 fully saturated rings. The van der Waals surface area contributed by atoms with Crippen LogP contribution in [0.15, 0.2) is 30.5 Å². The number of benzene rings is 1. The summed E-state index contributed by atoms with van der Waals surface area (Å²) in [6.07, 6.45) is 6.47. The van der Waals surface area contributed by atoms with E-state index in [4.69, 9.17) is 10.8 Å². The number of aliphatic hydroxyl groups excluding tert-OH is 1. The Bertz CT molecular complexity index is 476. The van der Waals surface area contributed by atoms with Crippen LogP contribution < -0.4 is 5.73 Å². The molecular formula is C14H20N2O. The van der Waals surface area contributed by atoms with Gasteiger partial charge in [-0.25, -0.2) is 0 Å². The van der Waals surface area contributed by atoms with Gasteiger partial charge in [0.2, 0.25) is 0 Å². The van der Waals surface area contributed by atoms with Crippen molar-refractivity contribution >= 4 is 16.6 Å². The fourth-order valence-corrected chi connectivity index (χ4v) is 2.14. The van der Waals surface area contributed by atoms with Gasteiger partial charge in [0.1, 0.15) is 0 Å². The van der Waals surface area contributed by atoms with E-state index in [1.54, 1.807) is 0 Å². The Balaban J connectivity index is 1.96.